The molecule has 2 aromatic rings. The summed E-state index contributed by atoms with van der Waals surface area (Å²) in [6.45, 7) is -0.156. The van der Waals surface area contributed by atoms with Crippen molar-refractivity contribution in [2.75, 3.05) is 24.2 Å². The molecular formula is C11H10FN5O3. The molecule has 1 aromatic heterocycles. The summed E-state index contributed by atoms with van der Waals surface area (Å²) in [6.07, 6.45) is 0. The first-order chi connectivity index (χ1) is 9.51. The van der Waals surface area contributed by atoms with Crippen molar-refractivity contribution in [2.45, 2.75) is 0 Å². The largest absolute Gasteiger partial charge is 0.710 e. The molecule has 1 aromatic carbocycles. The molecular weight excluding hydrogens is 269 g/mol. The number of fused-ring (bicyclic) bond motifs is 1. The number of benzene rings is 1. The van der Waals surface area contributed by atoms with Crippen molar-refractivity contribution in [3.63, 3.8) is 0 Å². The molecule has 20 heavy (non-hydrogen) atoms. The van der Waals surface area contributed by atoms with E-state index in [2.05, 4.69) is 5.32 Å². The first-order valence-electron chi connectivity index (χ1n) is 5.54. The van der Waals surface area contributed by atoms with Gasteiger partial charge in [0.25, 0.3) is 5.52 Å². The third kappa shape index (κ3) is 1.98. The lowest BCUT2D eigenvalue weighted by atomic mass is 10.2. The minimum absolute atomic E-state index is 0.0553. The number of nitrogens with zero attached hydrogens (tertiary/aromatic N) is 3. The van der Waals surface area contributed by atoms with Gasteiger partial charge in [-0.05, 0) is 0 Å². The zero-order valence-corrected chi connectivity index (χ0v) is 10.1. The standard InChI is InChI=1S/C11H10FN5O3/c12-6-3-8-9(4-7(6)15-1-2-18)17(20)11(14)10(5-13)16(8)19/h3-4,15,18H,1-2,14H2. The van der Waals surface area contributed by atoms with Crippen LogP contribution in [0, 0.1) is 27.6 Å². The molecule has 8 nitrogen and oxygen atoms in total. The number of anilines is 2. The van der Waals surface area contributed by atoms with Gasteiger partial charge < -0.3 is 20.8 Å². The third-order valence-corrected chi connectivity index (χ3v) is 2.70. The molecule has 4 N–H and O–H groups in total. The van der Waals surface area contributed by atoms with Crippen LogP contribution in [0.15, 0.2) is 12.1 Å². The Bertz CT molecular complexity index is 729. The van der Waals surface area contributed by atoms with Gasteiger partial charge in [0, 0.05) is 12.6 Å². The highest BCUT2D eigenvalue weighted by Crippen LogP contribution is 2.20. The van der Waals surface area contributed by atoms with Gasteiger partial charge in [-0.1, -0.05) is 0 Å². The summed E-state index contributed by atoms with van der Waals surface area (Å²) in [7, 11) is 0. The van der Waals surface area contributed by atoms with Crippen molar-refractivity contribution in [1.82, 2.24) is 0 Å². The number of aliphatic hydroxyl groups excluding tert-OH is 1. The maximum absolute atomic E-state index is 13.8. The number of nitrogens with two attached hydrogens (primary N) is 1. The number of halogens is 1. The van der Waals surface area contributed by atoms with Crippen LogP contribution >= 0.6 is 0 Å². The third-order valence-electron chi connectivity index (χ3n) is 2.70. The Hall–Kier alpha value is -2.86. The van der Waals surface area contributed by atoms with E-state index in [1.807, 2.05) is 0 Å². The van der Waals surface area contributed by atoms with E-state index < -0.39 is 17.3 Å². The lowest BCUT2D eigenvalue weighted by molar-refractivity contribution is -0.620. The van der Waals surface area contributed by atoms with E-state index in [-0.39, 0.29) is 39.3 Å². The van der Waals surface area contributed by atoms with E-state index in [9.17, 15) is 14.8 Å². The van der Waals surface area contributed by atoms with E-state index in [0.717, 1.165) is 12.1 Å². The van der Waals surface area contributed by atoms with Crippen LogP contribution in [0.1, 0.15) is 5.69 Å². The maximum atomic E-state index is 13.8. The summed E-state index contributed by atoms with van der Waals surface area (Å²) in [4.78, 5) is 0. The van der Waals surface area contributed by atoms with Gasteiger partial charge >= 0.3 is 11.5 Å². The Morgan fingerprint density at radius 1 is 1.35 bits per heavy atom. The van der Waals surface area contributed by atoms with Crippen LogP contribution in [0.5, 0.6) is 0 Å². The van der Waals surface area contributed by atoms with Crippen LogP contribution in [0.2, 0.25) is 0 Å². The normalized spacial score (nSPS) is 10.4. The summed E-state index contributed by atoms with van der Waals surface area (Å²) in [5.74, 6) is -1.35. The van der Waals surface area contributed by atoms with E-state index in [0.29, 0.717) is 0 Å². The van der Waals surface area contributed by atoms with Gasteiger partial charge in [-0.25, -0.2) is 9.12 Å². The SMILES string of the molecule is N#Cc1c(N)[n+]([O-])c2cc(NCCO)c(F)cc2[n+]1[O-]. The van der Waals surface area contributed by atoms with Crippen LogP contribution in [0.25, 0.3) is 11.0 Å². The fraction of sp³-hybridized carbons (Fsp3) is 0.182. The molecule has 0 atom stereocenters. The van der Waals surface area contributed by atoms with Crippen LogP contribution < -0.4 is 20.5 Å². The fourth-order valence-corrected chi connectivity index (χ4v) is 1.76. The fourth-order valence-electron chi connectivity index (χ4n) is 1.76. The number of aromatic nitrogens is 2. The van der Waals surface area contributed by atoms with Gasteiger partial charge in [-0.15, -0.1) is 4.73 Å². The van der Waals surface area contributed by atoms with Gasteiger partial charge in [0.15, 0.2) is 11.9 Å². The highest BCUT2D eigenvalue weighted by molar-refractivity contribution is 5.75. The van der Waals surface area contributed by atoms with Crippen LogP contribution in [0.4, 0.5) is 15.9 Å². The number of rotatable bonds is 3. The zero-order chi connectivity index (χ0) is 14.9. The molecule has 0 bridgehead atoms. The molecule has 0 aliphatic heterocycles. The van der Waals surface area contributed by atoms with Crippen molar-refractivity contribution in [1.29, 1.82) is 5.26 Å². The van der Waals surface area contributed by atoms with E-state index in [1.165, 1.54) is 6.07 Å². The topological polar surface area (TPSA) is 136 Å². The summed E-state index contributed by atoms with van der Waals surface area (Å²) < 4.78 is 14.1. The predicted molar refractivity (Wildman–Crippen MR) is 66.5 cm³/mol. The van der Waals surface area contributed by atoms with E-state index in [1.54, 1.807) is 0 Å². The van der Waals surface area contributed by atoms with Crippen molar-refractivity contribution in [2.24, 2.45) is 0 Å². The lowest BCUT2D eigenvalue weighted by Crippen LogP contribution is -2.44. The maximum Gasteiger partial charge on any atom is 0.385 e. The number of hydrogen-bond donors (Lipinski definition) is 3. The summed E-state index contributed by atoms with van der Waals surface area (Å²) >= 11 is 0. The minimum Gasteiger partial charge on any atom is -0.710 e. The monoisotopic (exact) mass is 279 g/mol. The van der Waals surface area contributed by atoms with Crippen molar-refractivity contribution >= 4 is 22.5 Å². The summed E-state index contributed by atoms with van der Waals surface area (Å²) in [5, 5.41) is 43.8. The molecule has 0 saturated heterocycles. The summed E-state index contributed by atoms with van der Waals surface area (Å²) in [6, 6.07) is 3.42. The molecule has 0 fully saturated rings. The molecule has 104 valence electrons. The van der Waals surface area contributed by atoms with E-state index >= 15 is 0 Å². The average molecular weight is 279 g/mol. The molecule has 0 amide bonds. The quantitative estimate of drug-likeness (QED) is 0.492. The Morgan fingerprint density at radius 3 is 2.60 bits per heavy atom. The molecule has 0 saturated carbocycles. The van der Waals surface area contributed by atoms with Crippen LogP contribution in [-0.4, -0.2) is 18.3 Å². The number of nitriles is 1. The highest BCUT2D eigenvalue weighted by atomic mass is 19.1. The Morgan fingerprint density at radius 2 is 2.00 bits per heavy atom. The lowest BCUT2D eigenvalue weighted by Gasteiger charge is -2.12. The van der Waals surface area contributed by atoms with Crippen molar-refractivity contribution in [3.8, 4) is 6.07 Å². The van der Waals surface area contributed by atoms with Gasteiger partial charge in [-0.3, -0.25) is 5.73 Å². The van der Waals surface area contributed by atoms with Gasteiger partial charge in [0.2, 0.25) is 5.52 Å². The molecule has 9 heteroatoms. The second kappa shape index (κ2) is 5.02. The molecule has 2 rings (SSSR count). The average Bonchev–Trinajstić information content (AvgIpc) is 2.44. The smallest absolute Gasteiger partial charge is 0.385 e. The number of hydrogen-bond acceptors (Lipinski definition) is 6. The van der Waals surface area contributed by atoms with Gasteiger partial charge in [0.1, 0.15) is 0 Å². The molecule has 0 radical (unpaired) electrons. The molecule has 0 spiro atoms. The number of nitrogen functional groups attached to an aromatic ring is 1. The zero-order valence-electron chi connectivity index (χ0n) is 10.1. The molecule has 0 aliphatic carbocycles. The first-order valence-corrected chi connectivity index (χ1v) is 5.54. The van der Waals surface area contributed by atoms with Gasteiger partial charge in [0.05, 0.1) is 18.4 Å². The predicted octanol–water partition coefficient (Wildman–Crippen LogP) is -0.896. The van der Waals surface area contributed by atoms with Crippen molar-refractivity contribution < 1.29 is 19.0 Å². The molecule has 1 heterocycles. The molecule has 0 unspecified atom stereocenters. The Kier molecular flexibility index (Phi) is 3.41. The van der Waals surface area contributed by atoms with Crippen molar-refractivity contribution in [3.05, 3.63) is 34.1 Å². The van der Waals surface area contributed by atoms with Crippen LogP contribution in [0.3, 0.4) is 0 Å². The number of aliphatic hydroxyl groups is 1. The Balaban J connectivity index is 2.76. The van der Waals surface area contributed by atoms with E-state index in [4.69, 9.17) is 16.1 Å². The second-order valence-corrected chi connectivity index (χ2v) is 3.91. The van der Waals surface area contributed by atoms with Crippen LogP contribution in [-0.2, 0) is 0 Å². The first kappa shape index (κ1) is 13.6. The molecule has 0 aliphatic rings. The van der Waals surface area contributed by atoms with Gasteiger partial charge in [-0.2, -0.15) is 5.26 Å². The second-order valence-electron chi connectivity index (χ2n) is 3.91. The number of nitrogens with one attached hydrogen (secondary N) is 1. The minimum atomic E-state index is -0.788. The summed E-state index contributed by atoms with van der Waals surface area (Å²) in [5.41, 5.74) is 4.26. The highest BCUT2D eigenvalue weighted by Gasteiger charge is 2.25. The Labute approximate surface area is 112 Å².